The molecule has 0 bridgehead atoms. The molecule has 0 aliphatic carbocycles. The summed E-state index contributed by atoms with van der Waals surface area (Å²) in [5.74, 6) is 0.439. The van der Waals surface area contributed by atoms with Gasteiger partial charge in [-0.3, -0.25) is 9.48 Å². The number of likely N-dealkylation sites (N-methyl/N-ethyl adjacent to an activating group) is 1. The summed E-state index contributed by atoms with van der Waals surface area (Å²) in [5.41, 5.74) is 5.46. The van der Waals surface area contributed by atoms with Crippen LogP contribution in [0, 0.1) is 0 Å². The van der Waals surface area contributed by atoms with E-state index in [1.54, 1.807) is 31.3 Å². The van der Waals surface area contributed by atoms with E-state index in [-0.39, 0.29) is 12.5 Å². The molecular weight excluding hydrogens is 208 g/mol. The molecule has 0 aliphatic heterocycles. The van der Waals surface area contributed by atoms with Gasteiger partial charge in [0.15, 0.2) is 0 Å². The standard InChI is InChI=1S/C10H18N4O2/c1-13(5-3-7-16-2)10(15)8-14-6-4-9(11)12-14/h4,6H,3,5,7-8H2,1-2H3,(H2,11,12). The lowest BCUT2D eigenvalue weighted by Gasteiger charge is -2.16. The SMILES string of the molecule is COCCCN(C)C(=O)Cn1ccc(N)n1. The molecule has 0 radical (unpaired) electrons. The molecule has 0 unspecified atom stereocenters. The van der Waals surface area contributed by atoms with Crippen molar-refractivity contribution in [1.82, 2.24) is 14.7 Å². The minimum absolute atomic E-state index is 0.0132. The van der Waals surface area contributed by atoms with Crippen LogP contribution in [-0.4, -0.2) is 47.9 Å². The lowest BCUT2D eigenvalue weighted by atomic mass is 10.4. The van der Waals surface area contributed by atoms with Crippen LogP contribution in [0.25, 0.3) is 0 Å². The van der Waals surface area contributed by atoms with Crippen molar-refractivity contribution in [3.8, 4) is 0 Å². The lowest BCUT2D eigenvalue weighted by molar-refractivity contribution is -0.130. The van der Waals surface area contributed by atoms with Gasteiger partial charge in [-0.25, -0.2) is 0 Å². The number of hydrogen-bond acceptors (Lipinski definition) is 4. The molecule has 90 valence electrons. The Kier molecular flexibility index (Phi) is 4.78. The summed E-state index contributed by atoms with van der Waals surface area (Å²) in [5, 5.41) is 3.95. The first-order valence-corrected chi connectivity index (χ1v) is 5.15. The van der Waals surface area contributed by atoms with E-state index < -0.39 is 0 Å². The Bertz CT molecular complexity index is 337. The summed E-state index contributed by atoms with van der Waals surface area (Å²) < 4.78 is 6.45. The number of aromatic nitrogens is 2. The number of nitrogens with two attached hydrogens (primary N) is 1. The van der Waals surface area contributed by atoms with Gasteiger partial charge in [-0.1, -0.05) is 0 Å². The predicted molar refractivity (Wildman–Crippen MR) is 60.8 cm³/mol. The fourth-order valence-electron chi connectivity index (χ4n) is 1.30. The molecule has 2 N–H and O–H groups in total. The second-order valence-corrected chi connectivity index (χ2v) is 3.60. The second-order valence-electron chi connectivity index (χ2n) is 3.60. The maximum atomic E-state index is 11.7. The van der Waals surface area contributed by atoms with Gasteiger partial charge >= 0.3 is 0 Å². The minimum Gasteiger partial charge on any atom is -0.385 e. The largest absolute Gasteiger partial charge is 0.385 e. The highest BCUT2D eigenvalue weighted by molar-refractivity contribution is 5.75. The van der Waals surface area contributed by atoms with Crippen molar-refractivity contribution >= 4 is 11.7 Å². The predicted octanol–water partition coefficient (Wildman–Crippen LogP) is -0.0398. The first-order valence-electron chi connectivity index (χ1n) is 5.15. The third-order valence-corrected chi connectivity index (χ3v) is 2.23. The number of anilines is 1. The molecule has 0 saturated carbocycles. The zero-order valence-corrected chi connectivity index (χ0v) is 9.72. The molecule has 0 atom stereocenters. The first kappa shape index (κ1) is 12.5. The fraction of sp³-hybridized carbons (Fsp3) is 0.600. The van der Waals surface area contributed by atoms with Gasteiger partial charge in [0, 0.05) is 33.5 Å². The van der Waals surface area contributed by atoms with Crippen LogP contribution in [0.2, 0.25) is 0 Å². The van der Waals surface area contributed by atoms with E-state index >= 15 is 0 Å². The average molecular weight is 226 g/mol. The summed E-state index contributed by atoms with van der Waals surface area (Å²) >= 11 is 0. The third-order valence-electron chi connectivity index (χ3n) is 2.23. The van der Waals surface area contributed by atoms with Crippen LogP contribution in [-0.2, 0) is 16.1 Å². The van der Waals surface area contributed by atoms with Crippen LogP contribution in [0.1, 0.15) is 6.42 Å². The molecule has 1 aromatic rings. The molecule has 1 heterocycles. The topological polar surface area (TPSA) is 73.4 Å². The molecule has 0 aliphatic rings. The molecule has 16 heavy (non-hydrogen) atoms. The molecule has 6 heteroatoms. The lowest BCUT2D eigenvalue weighted by Crippen LogP contribution is -2.31. The van der Waals surface area contributed by atoms with Crippen LogP contribution in [0.15, 0.2) is 12.3 Å². The van der Waals surface area contributed by atoms with Crippen LogP contribution in [0.4, 0.5) is 5.82 Å². The van der Waals surface area contributed by atoms with Gasteiger partial charge in [-0.15, -0.1) is 0 Å². The Hall–Kier alpha value is -1.56. The first-order chi connectivity index (χ1) is 7.63. The van der Waals surface area contributed by atoms with E-state index in [4.69, 9.17) is 10.5 Å². The number of carbonyl (C=O) groups excluding carboxylic acids is 1. The summed E-state index contributed by atoms with van der Waals surface area (Å²) in [6.07, 6.45) is 2.52. The fourth-order valence-corrected chi connectivity index (χ4v) is 1.30. The Morgan fingerprint density at radius 1 is 1.69 bits per heavy atom. The molecule has 0 fully saturated rings. The van der Waals surface area contributed by atoms with Crippen molar-refractivity contribution in [3.63, 3.8) is 0 Å². The maximum absolute atomic E-state index is 11.7. The van der Waals surface area contributed by atoms with Crippen molar-refractivity contribution < 1.29 is 9.53 Å². The number of nitrogens with zero attached hydrogens (tertiary/aromatic N) is 3. The minimum atomic E-state index is 0.0132. The normalized spacial score (nSPS) is 10.4. The van der Waals surface area contributed by atoms with E-state index in [0.29, 0.717) is 19.0 Å². The number of amides is 1. The highest BCUT2D eigenvalue weighted by Gasteiger charge is 2.09. The van der Waals surface area contributed by atoms with Gasteiger partial charge in [0.2, 0.25) is 5.91 Å². The number of ether oxygens (including phenoxy) is 1. The van der Waals surface area contributed by atoms with E-state index in [9.17, 15) is 4.79 Å². The summed E-state index contributed by atoms with van der Waals surface area (Å²) in [7, 11) is 3.42. The molecule has 1 rings (SSSR count). The Labute approximate surface area is 95.0 Å². The van der Waals surface area contributed by atoms with E-state index in [0.717, 1.165) is 6.42 Å². The Morgan fingerprint density at radius 3 is 3.00 bits per heavy atom. The molecule has 0 aromatic carbocycles. The zero-order chi connectivity index (χ0) is 12.0. The third kappa shape index (κ3) is 3.90. The molecule has 0 spiro atoms. The summed E-state index contributed by atoms with van der Waals surface area (Å²) in [6, 6.07) is 1.66. The molecular formula is C10H18N4O2. The maximum Gasteiger partial charge on any atom is 0.244 e. The van der Waals surface area contributed by atoms with Gasteiger partial charge in [-0.05, 0) is 12.5 Å². The molecule has 1 aromatic heterocycles. The van der Waals surface area contributed by atoms with Crippen molar-refractivity contribution in [2.75, 3.05) is 33.0 Å². The average Bonchev–Trinajstić information content (AvgIpc) is 2.64. The number of rotatable bonds is 6. The van der Waals surface area contributed by atoms with Crippen LogP contribution in [0.5, 0.6) is 0 Å². The second kappa shape index (κ2) is 6.12. The van der Waals surface area contributed by atoms with Crippen molar-refractivity contribution in [2.24, 2.45) is 0 Å². The summed E-state index contributed by atoms with van der Waals surface area (Å²) in [6.45, 7) is 1.57. The molecule has 0 saturated heterocycles. The van der Waals surface area contributed by atoms with Crippen molar-refractivity contribution in [2.45, 2.75) is 13.0 Å². The van der Waals surface area contributed by atoms with Crippen molar-refractivity contribution in [1.29, 1.82) is 0 Å². The van der Waals surface area contributed by atoms with Gasteiger partial charge in [0.05, 0.1) is 0 Å². The van der Waals surface area contributed by atoms with E-state index in [1.807, 2.05) is 0 Å². The monoisotopic (exact) mass is 226 g/mol. The quantitative estimate of drug-likeness (QED) is 0.691. The number of nitrogen functional groups attached to an aromatic ring is 1. The van der Waals surface area contributed by atoms with Crippen LogP contribution >= 0.6 is 0 Å². The van der Waals surface area contributed by atoms with Gasteiger partial charge in [0.1, 0.15) is 12.4 Å². The highest BCUT2D eigenvalue weighted by atomic mass is 16.5. The van der Waals surface area contributed by atoms with Crippen LogP contribution < -0.4 is 5.73 Å². The highest BCUT2D eigenvalue weighted by Crippen LogP contribution is 1.97. The number of carbonyl (C=O) groups is 1. The van der Waals surface area contributed by atoms with Gasteiger partial charge < -0.3 is 15.4 Å². The van der Waals surface area contributed by atoms with Gasteiger partial charge in [0.25, 0.3) is 0 Å². The summed E-state index contributed by atoms with van der Waals surface area (Å²) in [4.78, 5) is 13.4. The van der Waals surface area contributed by atoms with Gasteiger partial charge in [-0.2, -0.15) is 5.10 Å². The van der Waals surface area contributed by atoms with Crippen molar-refractivity contribution in [3.05, 3.63) is 12.3 Å². The smallest absolute Gasteiger partial charge is 0.244 e. The number of hydrogen-bond donors (Lipinski definition) is 1. The number of methoxy groups -OCH3 is 1. The Balaban J connectivity index is 2.34. The van der Waals surface area contributed by atoms with Crippen LogP contribution in [0.3, 0.4) is 0 Å². The molecule has 1 amide bonds. The Morgan fingerprint density at radius 2 is 2.44 bits per heavy atom. The van der Waals surface area contributed by atoms with E-state index in [2.05, 4.69) is 5.10 Å². The zero-order valence-electron chi connectivity index (χ0n) is 9.72. The van der Waals surface area contributed by atoms with E-state index in [1.165, 1.54) is 4.68 Å². The molecule has 6 nitrogen and oxygen atoms in total.